The lowest BCUT2D eigenvalue weighted by molar-refractivity contribution is -0.115. The maximum atomic E-state index is 13.4. The summed E-state index contributed by atoms with van der Waals surface area (Å²) < 4.78 is 6.86. The summed E-state index contributed by atoms with van der Waals surface area (Å²) >= 11 is 1.24. The zero-order chi connectivity index (χ0) is 22.7. The number of nitrogens with zero attached hydrogens (tertiary/aromatic N) is 2. The largest absolute Gasteiger partial charge is 0.497 e. The number of anilines is 1. The van der Waals surface area contributed by atoms with Gasteiger partial charge in [-0.1, -0.05) is 47.7 Å². The molecule has 0 spiro atoms. The van der Waals surface area contributed by atoms with E-state index in [4.69, 9.17) is 9.72 Å². The highest BCUT2D eigenvalue weighted by atomic mass is 32.2. The van der Waals surface area contributed by atoms with Crippen LogP contribution < -0.4 is 15.6 Å². The van der Waals surface area contributed by atoms with Crippen molar-refractivity contribution >= 4 is 34.3 Å². The third kappa shape index (κ3) is 4.53. The number of benzene rings is 3. The lowest BCUT2D eigenvalue weighted by atomic mass is 10.2. The molecule has 162 valence electrons. The van der Waals surface area contributed by atoms with E-state index in [2.05, 4.69) is 5.32 Å². The second-order valence-electron chi connectivity index (χ2n) is 7.37. The van der Waals surface area contributed by atoms with Crippen molar-refractivity contribution in [3.05, 3.63) is 88.7 Å². The number of hydrogen-bond acceptors (Lipinski definition) is 5. The molecule has 0 saturated heterocycles. The molecule has 0 aliphatic heterocycles. The van der Waals surface area contributed by atoms with Gasteiger partial charge in [0.2, 0.25) is 5.91 Å². The van der Waals surface area contributed by atoms with Crippen LogP contribution in [0, 0.1) is 6.92 Å². The summed E-state index contributed by atoms with van der Waals surface area (Å²) in [7, 11) is 1.58. The van der Waals surface area contributed by atoms with E-state index in [1.54, 1.807) is 32.2 Å². The SMILES string of the molecule is COc1cccc(-n2c(S[C@@H](C)C(=O)Nc3ccc(C)cc3)nc3ccccc3c2=O)c1. The molecule has 0 aliphatic rings. The number of rotatable bonds is 6. The first-order valence-corrected chi connectivity index (χ1v) is 11.0. The predicted molar refractivity (Wildman–Crippen MR) is 129 cm³/mol. The topological polar surface area (TPSA) is 73.2 Å². The fourth-order valence-electron chi connectivity index (χ4n) is 3.26. The monoisotopic (exact) mass is 445 g/mol. The molecule has 1 N–H and O–H groups in total. The van der Waals surface area contributed by atoms with Crippen molar-refractivity contribution in [2.75, 3.05) is 12.4 Å². The minimum absolute atomic E-state index is 0.168. The van der Waals surface area contributed by atoms with Crippen LogP contribution in [0.15, 0.2) is 82.7 Å². The van der Waals surface area contributed by atoms with Crippen LogP contribution in [0.2, 0.25) is 0 Å². The van der Waals surface area contributed by atoms with Crippen molar-refractivity contribution in [3.63, 3.8) is 0 Å². The molecule has 1 amide bonds. The second kappa shape index (κ2) is 9.28. The second-order valence-corrected chi connectivity index (χ2v) is 8.68. The molecule has 3 aromatic carbocycles. The van der Waals surface area contributed by atoms with Crippen molar-refractivity contribution in [1.29, 1.82) is 0 Å². The number of aromatic nitrogens is 2. The highest BCUT2D eigenvalue weighted by molar-refractivity contribution is 8.00. The van der Waals surface area contributed by atoms with Crippen molar-refractivity contribution in [2.24, 2.45) is 0 Å². The van der Waals surface area contributed by atoms with Gasteiger partial charge in [-0.15, -0.1) is 0 Å². The average molecular weight is 446 g/mol. The first-order valence-electron chi connectivity index (χ1n) is 10.2. The van der Waals surface area contributed by atoms with E-state index in [-0.39, 0.29) is 11.5 Å². The molecule has 1 aromatic heterocycles. The Morgan fingerprint density at radius 2 is 1.81 bits per heavy atom. The number of aryl methyl sites for hydroxylation is 1. The minimum atomic E-state index is -0.485. The number of hydrogen-bond donors (Lipinski definition) is 1. The van der Waals surface area contributed by atoms with Gasteiger partial charge in [0.05, 0.1) is 29.0 Å². The molecule has 0 radical (unpaired) electrons. The Morgan fingerprint density at radius 1 is 1.06 bits per heavy atom. The van der Waals surface area contributed by atoms with Crippen molar-refractivity contribution in [3.8, 4) is 11.4 Å². The highest BCUT2D eigenvalue weighted by Gasteiger charge is 2.20. The summed E-state index contributed by atoms with van der Waals surface area (Å²) in [6.07, 6.45) is 0. The number of para-hydroxylation sites is 1. The Labute approximate surface area is 190 Å². The number of thioether (sulfide) groups is 1. The third-order valence-corrected chi connectivity index (χ3v) is 6.08. The zero-order valence-corrected chi connectivity index (χ0v) is 18.8. The molecule has 1 atom stereocenters. The third-order valence-electron chi connectivity index (χ3n) is 5.03. The molecule has 0 saturated carbocycles. The number of carbonyl (C=O) groups is 1. The van der Waals surface area contributed by atoms with Gasteiger partial charge in [-0.2, -0.15) is 0 Å². The maximum absolute atomic E-state index is 13.4. The minimum Gasteiger partial charge on any atom is -0.497 e. The van der Waals surface area contributed by atoms with Crippen LogP contribution in [-0.2, 0) is 4.79 Å². The molecular formula is C25H23N3O3S. The number of ether oxygens (including phenoxy) is 1. The molecule has 0 unspecified atom stereocenters. The van der Waals surface area contributed by atoms with Gasteiger partial charge in [0, 0.05) is 11.8 Å². The van der Waals surface area contributed by atoms with E-state index in [0.717, 1.165) is 11.3 Å². The molecule has 6 nitrogen and oxygen atoms in total. The van der Waals surface area contributed by atoms with Crippen LogP contribution in [0.25, 0.3) is 16.6 Å². The molecule has 7 heteroatoms. The summed E-state index contributed by atoms with van der Waals surface area (Å²) in [4.78, 5) is 30.9. The number of methoxy groups -OCH3 is 1. The molecule has 0 bridgehead atoms. The van der Waals surface area contributed by atoms with Crippen LogP contribution in [0.1, 0.15) is 12.5 Å². The normalized spacial score (nSPS) is 11.8. The van der Waals surface area contributed by atoms with E-state index >= 15 is 0 Å². The van der Waals surface area contributed by atoms with Gasteiger partial charge in [-0.05, 0) is 50.2 Å². The Morgan fingerprint density at radius 3 is 2.56 bits per heavy atom. The van der Waals surface area contributed by atoms with Gasteiger partial charge in [0.15, 0.2) is 5.16 Å². The molecule has 4 aromatic rings. The van der Waals surface area contributed by atoms with Gasteiger partial charge in [-0.3, -0.25) is 14.2 Å². The van der Waals surface area contributed by atoms with Crippen LogP contribution >= 0.6 is 11.8 Å². The summed E-state index contributed by atoms with van der Waals surface area (Å²) in [5.74, 6) is 0.460. The van der Waals surface area contributed by atoms with Gasteiger partial charge < -0.3 is 10.1 Å². The first kappa shape index (κ1) is 21.6. The number of amides is 1. The molecule has 32 heavy (non-hydrogen) atoms. The van der Waals surface area contributed by atoms with Crippen molar-refractivity contribution in [1.82, 2.24) is 9.55 Å². The first-order chi connectivity index (χ1) is 15.5. The molecule has 4 rings (SSSR count). The fourth-order valence-corrected chi connectivity index (χ4v) is 4.19. The Kier molecular flexibility index (Phi) is 6.28. The molecule has 1 heterocycles. The maximum Gasteiger partial charge on any atom is 0.266 e. The smallest absolute Gasteiger partial charge is 0.266 e. The summed E-state index contributed by atoms with van der Waals surface area (Å²) in [6, 6.07) is 22.1. The van der Waals surface area contributed by atoms with E-state index in [0.29, 0.717) is 27.5 Å². The van der Waals surface area contributed by atoms with Crippen LogP contribution in [0.3, 0.4) is 0 Å². The van der Waals surface area contributed by atoms with Gasteiger partial charge >= 0.3 is 0 Å². The summed E-state index contributed by atoms with van der Waals surface area (Å²) in [5.41, 5.74) is 2.86. The molecule has 0 fully saturated rings. The summed E-state index contributed by atoms with van der Waals surface area (Å²) in [5, 5.41) is 3.39. The number of fused-ring (bicyclic) bond motifs is 1. The van der Waals surface area contributed by atoms with E-state index in [1.165, 1.54) is 16.3 Å². The van der Waals surface area contributed by atoms with Crippen molar-refractivity contribution in [2.45, 2.75) is 24.3 Å². The lowest BCUT2D eigenvalue weighted by Gasteiger charge is -2.17. The number of nitrogens with one attached hydrogen (secondary N) is 1. The Bertz CT molecular complexity index is 1330. The molecular weight excluding hydrogens is 422 g/mol. The van der Waals surface area contributed by atoms with Gasteiger partial charge in [-0.25, -0.2) is 4.98 Å². The molecule has 0 aliphatic carbocycles. The van der Waals surface area contributed by atoms with Crippen molar-refractivity contribution < 1.29 is 9.53 Å². The highest BCUT2D eigenvalue weighted by Crippen LogP contribution is 2.27. The zero-order valence-electron chi connectivity index (χ0n) is 18.0. The predicted octanol–water partition coefficient (Wildman–Crippen LogP) is 4.82. The lowest BCUT2D eigenvalue weighted by Crippen LogP contribution is -2.26. The standard InChI is InChI=1S/C25H23N3O3S/c1-16-11-13-18(14-12-16)26-23(29)17(2)32-25-27-22-10-5-4-9-21(22)24(30)28(25)19-7-6-8-20(15-19)31-3/h4-15,17H,1-3H3,(H,26,29)/t17-/m0/s1. The van der Waals surface area contributed by atoms with Crippen LogP contribution in [-0.4, -0.2) is 27.8 Å². The average Bonchev–Trinajstić information content (AvgIpc) is 2.80. The Balaban J connectivity index is 1.72. The van der Waals surface area contributed by atoms with Gasteiger partial charge in [0.25, 0.3) is 5.56 Å². The van der Waals surface area contributed by atoms with Gasteiger partial charge in [0.1, 0.15) is 5.75 Å². The quantitative estimate of drug-likeness (QED) is 0.340. The summed E-state index contributed by atoms with van der Waals surface area (Å²) in [6.45, 7) is 3.79. The van der Waals surface area contributed by atoms with E-state index < -0.39 is 5.25 Å². The van der Waals surface area contributed by atoms with E-state index in [1.807, 2.05) is 61.5 Å². The van der Waals surface area contributed by atoms with Crippen LogP contribution in [0.5, 0.6) is 5.75 Å². The Hall–Kier alpha value is -3.58. The van der Waals surface area contributed by atoms with E-state index in [9.17, 15) is 9.59 Å². The number of carbonyl (C=O) groups excluding carboxylic acids is 1. The fraction of sp³-hybridized carbons (Fsp3) is 0.160. The van der Waals surface area contributed by atoms with Crippen LogP contribution in [0.4, 0.5) is 5.69 Å².